The molecule has 6 heteroatoms. The lowest BCUT2D eigenvalue weighted by atomic mass is 10.3. The molecule has 6 nitrogen and oxygen atoms in total. The molecule has 0 amide bonds. The third-order valence-electron chi connectivity index (χ3n) is 2.92. The van der Waals surface area contributed by atoms with Gasteiger partial charge < -0.3 is 4.98 Å². The number of imidazole rings is 1. The Morgan fingerprint density at radius 3 is 2.94 bits per heavy atom. The third kappa shape index (κ3) is 1.92. The summed E-state index contributed by atoms with van der Waals surface area (Å²) in [6.07, 6.45) is 4.03. The molecule has 2 aromatic heterocycles. The fourth-order valence-electron chi connectivity index (χ4n) is 2.07. The number of H-pyrrole nitrogens is 1. The average Bonchev–Trinajstić information content (AvgIpc) is 2.98. The molecular weight excluding hydrogens is 230 g/mol. The van der Waals surface area contributed by atoms with E-state index in [2.05, 4.69) is 15.1 Å². The molecule has 0 bridgehead atoms. The molecule has 3 aromatic rings. The van der Waals surface area contributed by atoms with Crippen molar-refractivity contribution >= 4 is 11.0 Å². The molecule has 1 N–H and O–H groups in total. The van der Waals surface area contributed by atoms with Gasteiger partial charge in [0.15, 0.2) is 0 Å². The molecule has 0 radical (unpaired) electrons. The monoisotopic (exact) mass is 243 g/mol. The van der Waals surface area contributed by atoms with E-state index in [1.807, 2.05) is 24.3 Å². The van der Waals surface area contributed by atoms with Crippen LogP contribution in [0.3, 0.4) is 0 Å². The maximum absolute atomic E-state index is 11.8. The molecule has 0 aliphatic rings. The number of fused-ring (bicyclic) bond motifs is 1. The zero-order valence-corrected chi connectivity index (χ0v) is 9.78. The Balaban J connectivity index is 1.78. The van der Waals surface area contributed by atoms with Crippen molar-refractivity contribution in [3.05, 3.63) is 47.4 Å². The first kappa shape index (κ1) is 10.8. The number of rotatable bonds is 4. The van der Waals surface area contributed by atoms with Crippen molar-refractivity contribution in [1.82, 2.24) is 24.3 Å². The summed E-state index contributed by atoms with van der Waals surface area (Å²) in [5, 5.41) is 4.03. The summed E-state index contributed by atoms with van der Waals surface area (Å²) in [6, 6.07) is 7.70. The van der Waals surface area contributed by atoms with E-state index < -0.39 is 0 Å². The van der Waals surface area contributed by atoms with Crippen molar-refractivity contribution < 1.29 is 0 Å². The Kier molecular flexibility index (Phi) is 2.68. The number of para-hydroxylation sites is 2. The lowest BCUT2D eigenvalue weighted by Crippen LogP contribution is -2.17. The van der Waals surface area contributed by atoms with Crippen LogP contribution in [0.4, 0.5) is 0 Å². The summed E-state index contributed by atoms with van der Waals surface area (Å²) in [6.45, 7) is 1.43. The van der Waals surface area contributed by atoms with Crippen LogP contribution >= 0.6 is 0 Å². The predicted molar refractivity (Wildman–Crippen MR) is 67.2 cm³/mol. The molecule has 3 rings (SSSR count). The fourth-order valence-corrected chi connectivity index (χ4v) is 2.07. The lowest BCUT2D eigenvalue weighted by molar-refractivity contribution is 0.525. The van der Waals surface area contributed by atoms with Gasteiger partial charge >= 0.3 is 5.69 Å². The standard InChI is InChI=1S/C12H13N5O/c18-12-15-10-4-1-2-5-11(10)17(12)7-3-6-16-9-13-8-14-16/h1-2,4-5,8-9H,3,6-7H2,(H,15,18). The van der Waals surface area contributed by atoms with Crippen LogP contribution in [0.5, 0.6) is 0 Å². The Hall–Kier alpha value is -2.37. The number of hydrogen-bond acceptors (Lipinski definition) is 3. The van der Waals surface area contributed by atoms with Crippen LogP contribution in [-0.4, -0.2) is 24.3 Å². The fraction of sp³-hybridized carbons (Fsp3) is 0.250. The maximum Gasteiger partial charge on any atom is 0.326 e. The van der Waals surface area contributed by atoms with Crippen LogP contribution in [0.25, 0.3) is 11.0 Å². The second kappa shape index (κ2) is 4.48. The second-order valence-corrected chi connectivity index (χ2v) is 4.11. The Labute approximate surface area is 103 Å². The molecule has 0 saturated carbocycles. The smallest absolute Gasteiger partial charge is 0.306 e. The second-order valence-electron chi connectivity index (χ2n) is 4.11. The van der Waals surface area contributed by atoms with E-state index in [0.29, 0.717) is 6.54 Å². The van der Waals surface area contributed by atoms with Crippen molar-refractivity contribution in [3.63, 3.8) is 0 Å². The molecule has 0 fully saturated rings. The predicted octanol–water partition coefficient (Wildman–Crippen LogP) is 1.01. The maximum atomic E-state index is 11.8. The normalized spacial score (nSPS) is 11.1. The van der Waals surface area contributed by atoms with Crippen molar-refractivity contribution in [2.75, 3.05) is 0 Å². The topological polar surface area (TPSA) is 68.5 Å². The van der Waals surface area contributed by atoms with Crippen LogP contribution in [0.15, 0.2) is 41.7 Å². The van der Waals surface area contributed by atoms with Crippen molar-refractivity contribution in [1.29, 1.82) is 0 Å². The molecule has 18 heavy (non-hydrogen) atoms. The van der Waals surface area contributed by atoms with E-state index in [1.165, 1.54) is 6.33 Å². The summed E-state index contributed by atoms with van der Waals surface area (Å²) in [5.74, 6) is 0. The van der Waals surface area contributed by atoms with Gasteiger partial charge in [-0.2, -0.15) is 5.10 Å². The highest BCUT2D eigenvalue weighted by molar-refractivity contribution is 5.74. The zero-order valence-electron chi connectivity index (χ0n) is 9.78. The minimum Gasteiger partial charge on any atom is -0.306 e. The van der Waals surface area contributed by atoms with E-state index in [9.17, 15) is 4.79 Å². The summed E-state index contributed by atoms with van der Waals surface area (Å²) in [7, 11) is 0. The number of nitrogens with one attached hydrogen (secondary N) is 1. The first-order chi connectivity index (χ1) is 8.84. The van der Waals surface area contributed by atoms with Crippen molar-refractivity contribution in [2.45, 2.75) is 19.5 Å². The number of nitrogens with zero attached hydrogens (tertiary/aromatic N) is 4. The molecule has 0 spiro atoms. The largest absolute Gasteiger partial charge is 0.326 e. The van der Waals surface area contributed by atoms with E-state index >= 15 is 0 Å². The van der Waals surface area contributed by atoms with Crippen LogP contribution in [-0.2, 0) is 13.1 Å². The molecular formula is C12H13N5O. The van der Waals surface area contributed by atoms with Crippen molar-refractivity contribution in [3.8, 4) is 0 Å². The molecule has 92 valence electrons. The van der Waals surface area contributed by atoms with Gasteiger partial charge in [-0.1, -0.05) is 12.1 Å². The van der Waals surface area contributed by atoms with Gasteiger partial charge in [-0.3, -0.25) is 9.25 Å². The van der Waals surface area contributed by atoms with Gasteiger partial charge in [0.05, 0.1) is 11.0 Å². The lowest BCUT2D eigenvalue weighted by Gasteiger charge is -2.03. The first-order valence-electron chi connectivity index (χ1n) is 5.84. The molecule has 0 saturated heterocycles. The number of aromatic amines is 1. The number of aromatic nitrogens is 5. The quantitative estimate of drug-likeness (QED) is 0.743. The minimum absolute atomic E-state index is 0.0604. The van der Waals surface area contributed by atoms with Gasteiger partial charge in [-0.25, -0.2) is 9.78 Å². The Morgan fingerprint density at radius 2 is 2.11 bits per heavy atom. The van der Waals surface area contributed by atoms with Gasteiger partial charge in [0, 0.05) is 13.1 Å². The highest BCUT2D eigenvalue weighted by Gasteiger charge is 2.05. The van der Waals surface area contributed by atoms with Crippen molar-refractivity contribution in [2.24, 2.45) is 0 Å². The van der Waals surface area contributed by atoms with E-state index in [0.717, 1.165) is 24.0 Å². The van der Waals surface area contributed by atoms with Gasteiger partial charge in [-0.15, -0.1) is 0 Å². The van der Waals surface area contributed by atoms with Gasteiger partial charge in [-0.05, 0) is 18.6 Å². The zero-order chi connectivity index (χ0) is 12.4. The van der Waals surface area contributed by atoms with Gasteiger partial charge in [0.1, 0.15) is 12.7 Å². The molecule has 0 atom stereocenters. The van der Waals surface area contributed by atoms with E-state index in [4.69, 9.17) is 0 Å². The van der Waals surface area contributed by atoms with Crippen LogP contribution < -0.4 is 5.69 Å². The van der Waals surface area contributed by atoms with E-state index in [-0.39, 0.29) is 5.69 Å². The number of hydrogen-bond donors (Lipinski definition) is 1. The van der Waals surface area contributed by atoms with Gasteiger partial charge in [0.25, 0.3) is 0 Å². The first-order valence-corrected chi connectivity index (χ1v) is 5.84. The highest BCUT2D eigenvalue weighted by Crippen LogP contribution is 2.09. The van der Waals surface area contributed by atoms with Gasteiger partial charge in [0.2, 0.25) is 0 Å². The Bertz CT molecular complexity index is 695. The molecule has 0 unspecified atom stereocenters. The SMILES string of the molecule is O=c1[nH]c2ccccc2n1CCCn1cncn1. The summed E-state index contributed by atoms with van der Waals surface area (Å²) < 4.78 is 3.52. The molecule has 1 aromatic carbocycles. The highest BCUT2D eigenvalue weighted by atomic mass is 16.1. The number of benzene rings is 1. The Morgan fingerprint density at radius 1 is 1.22 bits per heavy atom. The summed E-state index contributed by atoms with van der Waals surface area (Å²) in [4.78, 5) is 18.5. The summed E-state index contributed by atoms with van der Waals surface area (Å²) in [5.41, 5.74) is 1.76. The molecule has 2 heterocycles. The molecule has 0 aliphatic carbocycles. The summed E-state index contributed by atoms with van der Waals surface area (Å²) >= 11 is 0. The van der Waals surface area contributed by atoms with E-state index in [1.54, 1.807) is 15.6 Å². The average molecular weight is 243 g/mol. The van der Waals surface area contributed by atoms with Crippen LogP contribution in [0.1, 0.15) is 6.42 Å². The third-order valence-corrected chi connectivity index (χ3v) is 2.92. The minimum atomic E-state index is -0.0604. The van der Waals surface area contributed by atoms with Crippen LogP contribution in [0.2, 0.25) is 0 Å². The number of aryl methyl sites for hydroxylation is 2. The van der Waals surface area contributed by atoms with Crippen LogP contribution in [0, 0.1) is 0 Å². The molecule has 0 aliphatic heterocycles.